The maximum Gasteiger partial charge on any atom is 0.278 e. The smallest absolute Gasteiger partial charge is 0.278 e. The number of hydrogen-bond donors (Lipinski definition) is 1. The van der Waals surface area contributed by atoms with Crippen LogP contribution in [0.25, 0.3) is 5.57 Å². The number of nitrogens with zero attached hydrogens (tertiary/aromatic N) is 1. The number of amides is 2. The Hall–Kier alpha value is -3.57. The van der Waals surface area contributed by atoms with Crippen LogP contribution in [-0.4, -0.2) is 23.8 Å². The molecule has 0 saturated heterocycles. The number of carbonyl (C=O) groups is 2. The first kappa shape index (κ1) is 20.7. The van der Waals surface area contributed by atoms with E-state index in [1.807, 2.05) is 49.4 Å². The topological polar surface area (TPSA) is 58.6 Å². The highest BCUT2D eigenvalue weighted by Crippen LogP contribution is 2.32. The normalized spacial score (nSPS) is 13.7. The van der Waals surface area contributed by atoms with Crippen molar-refractivity contribution in [2.45, 2.75) is 13.5 Å². The summed E-state index contributed by atoms with van der Waals surface area (Å²) in [6, 6.07) is 21.9. The van der Waals surface area contributed by atoms with Gasteiger partial charge in [0.1, 0.15) is 11.4 Å². The number of aryl methyl sites for hydroxylation is 1. The average molecular weight is 433 g/mol. The number of hydrogen-bond acceptors (Lipinski definition) is 4. The molecule has 3 aromatic carbocycles. The van der Waals surface area contributed by atoms with Crippen LogP contribution in [-0.2, 0) is 16.1 Å². The zero-order valence-corrected chi connectivity index (χ0v) is 17.9. The van der Waals surface area contributed by atoms with E-state index in [-0.39, 0.29) is 24.1 Å². The van der Waals surface area contributed by atoms with E-state index in [2.05, 4.69) is 5.32 Å². The molecule has 0 aliphatic carbocycles. The van der Waals surface area contributed by atoms with Crippen molar-refractivity contribution in [3.05, 3.63) is 100 Å². The Morgan fingerprint density at radius 1 is 0.935 bits per heavy atom. The summed E-state index contributed by atoms with van der Waals surface area (Å²) in [4.78, 5) is 27.9. The number of benzene rings is 3. The summed E-state index contributed by atoms with van der Waals surface area (Å²) in [5.74, 6) is -0.0800. The summed E-state index contributed by atoms with van der Waals surface area (Å²) in [5, 5.41) is 3.69. The second-order valence-electron chi connectivity index (χ2n) is 7.30. The molecule has 3 aromatic rings. The Morgan fingerprint density at radius 3 is 2.32 bits per heavy atom. The van der Waals surface area contributed by atoms with Crippen LogP contribution < -0.4 is 10.1 Å². The minimum atomic E-state index is -0.377. The Labute approximate surface area is 185 Å². The SMILES string of the molecule is COc1cccc(NC2=C(c3ccc(Cl)cc3)C(=O)N(Cc3ccc(C)cc3)C2=O)c1. The van der Waals surface area contributed by atoms with Gasteiger partial charge >= 0.3 is 0 Å². The summed E-state index contributed by atoms with van der Waals surface area (Å²) < 4.78 is 5.27. The zero-order valence-electron chi connectivity index (χ0n) is 17.2. The number of anilines is 1. The van der Waals surface area contributed by atoms with Gasteiger partial charge in [-0.3, -0.25) is 14.5 Å². The number of carbonyl (C=O) groups excluding carboxylic acids is 2. The van der Waals surface area contributed by atoms with E-state index in [0.717, 1.165) is 11.1 Å². The third-order valence-electron chi connectivity index (χ3n) is 5.10. The molecule has 31 heavy (non-hydrogen) atoms. The highest BCUT2D eigenvalue weighted by molar-refractivity contribution is 6.36. The van der Waals surface area contributed by atoms with E-state index in [0.29, 0.717) is 27.6 Å². The Balaban J connectivity index is 1.73. The van der Waals surface area contributed by atoms with Crippen LogP contribution in [0.5, 0.6) is 5.75 Å². The van der Waals surface area contributed by atoms with Gasteiger partial charge in [-0.2, -0.15) is 0 Å². The molecule has 1 heterocycles. The molecular weight excluding hydrogens is 412 g/mol. The van der Waals surface area contributed by atoms with Crippen LogP contribution in [0.3, 0.4) is 0 Å². The van der Waals surface area contributed by atoms with Gasteiger partial charge in [-0.1, -0.05) is 59.6 Å². The third-order valence-corrected chi connectivity index (χ3v) is 5.35. The van der Waals surface area contributed by atoms with Crippen molar-refractivity contribution >= 4 is 34.7 Å². The van der Waals surface area contributed by atoms with Crippen LogP contribution in [0.2, 0.25) is 5.02 Å². The zero-order chi connectivity index (χ0) is 22.0. The van der Waals surface area contributed by atoms with Crippen molar-refractivity contribution in [2.75, 3.05) is 12.4 Å². The lowest BCUT2D eigenvalue weighted by Crippen LogP contribution is -2.32. The van der Waals surface area contributed by atoms with Crippen molar-refractivity contribution in [1.29, 1.82) is 0 Å². The Bertz CT molecular complexity index is 1170. The first-order chi connectivity index (χ1) is 15.0. The molecule has 1 N–H and O–H groups in total. The van der Waals surface area contributed by atoms with Gasteiger partial charge in [-0.15, -0.1) is 0 Å². The van der Waals surface area contributed by atoms with Crippen molar-refractivity contribution < 1.29 is 14.3 Å². The van der Waals surface area contributed by atoms with Gasteiger partial charge < -0.3 is 10.1 Å². The van der Waals surface area contributed by atoms with Gasteiger partial charge in [-0.05, 0) is 42.3 Å². The van der Waals surface area contributed by atoms with E-state index < -0.39 is 0 Å². The molecule has 0 fully saturated rings. The summed E-state index contributed by atoms with van der Waals surface area (Å²) in [6.45, 7) is 2.19. The van der Waals surface area contributed by atoms with Crippen LogP contribution in [0, 0.1) is 6.92 Å². The molecule has 0 aromatic heterocycles. The van der Waals surface area contributed by atoms with Crippen molar-refractivity contribution in [2.24, 2.45) is 0 Å². The predicted molar refractivity (Wildman–Crippen MR) is 122 cm³/mol. The molecule has 2 amide bonds. The van der Waals surface area contributed by atoms with Gasteiger partial charge in [0.25, 0.3) is 11.8 Å². The fourth-order valence-electron chi connectivity index (χ4n) is 3.44. The van der Waals surface area contributed by atoms with Crippen molar-refractivity contribution in [1.82, 2.24) is 4.90 Å². The van der Waals surface area contributed by atoms with E-state index in [9.17, 15) is 9.59 Å². The molecule has 1 aliphatic rings. The van der Waals surface area contributed by atoms with Gasteiger partial charge in [0.15, 0.2) is 0 Å². The monoisotopic (exact) mass is 432 g/mol. The molecule has 0 atom stereocenters. The third kappa shape index (κ3) is 4.32. The largest absolute Gasteiger partial charge is 0.497 e. The van der Waals surface area contributed by atoms with Crippen LogP contribution in [0.1, 0.15) is 16.7 Å². The Morgan fingerprint density at radius 2 is 1.65 bits per heavy atom. The number of rotatable bonds is 6. The number of ether oxygens (including phenoxy) is 1. The molecule has 0 saturated carbocycles. The summed E-state index contributed by atoms with van der Waals surface area (Å²) in [7, 11) is 1.57. The molecule has 0 bridgehead atoms. The van der Waals surface area contributed by atoms with E-state index >= 15 is 0 Å². The second-order valence-corrected chi connectivity index (χ2v) is 7.73. The lowest BCUT2D eigenvalue weighted by Gasteiger charge is -2.15. The molecule has 156 valence electrons. The van der Waals surface area contributed by atoms with Crippen LogP contribution >= 0.6 is 11.6 Å². The molecular formula is C25H21ClN2O3. The molecule has 0 spiro atoms. The van der Waals surface area contributed by atoms with Crippen LogP contribution in [0.4, 0.5) is 5.69 Å². The lowest BCUT2D eigenvalue weighted by molar-refractivity contribution is -0.137. The number of methoxy groups -OCH3 is 1. The summed E-state index contributed by atoms with van der Waals surface area (Å²) in [5.41, 5.74) is 3.82. The quantitative estimate of drug-likeness (QED) is 0.554. The second kappa shape index (κ2) is 8.66. The molecule has 5 nitrogen and oxygen atoms in total. The van der Waals surface area contributed by atoms with Gasteiger partial charge in [0, 0.05) is 16.8 Å². The highest BCUT2D eigenvalue weighted by Gasteiger charge is 2.39. The van der Waals surface area contributed by atoms with Crippen molar-refractivity contribution in [3.63, 3.8) is 0 Å². The van der Waals surface area contributed by atoms with E-state index in [1.54, 1.807) is 37.4 Å². The minimum Gasteiger partial charge on any atom is -0.497 e. The predicted octanol–water partition coefficient (Wildman–Crippen LogP) is 5.05. The fraction of sp³-hybridized carbons (Fsp3) is 0.120. The molecule has 6 heteroatoms. The number of halogens is 1. The minimum absolute atomic E-state index is 0.193. The van der Waals surface area contributed by atoms with Crippen LogP contribution in [0.15, 0.2) is 78.5 Å². The highest BCUT2D eigenvalue weighted by atomic mass is 35.5. The maximum atomic E-state index is 13.3. The van der Waals surface area contributed by atoms with Gasteiger partial charge in [0.05, 0.1) is 19.2 Å². The Kier molecular flexibility index (Phi) is 5.78. The first-order valence-electron chi connectivity index (χ1n) is 9.79. The molecule has 4 rings (SSSR count). The van der Waals surface area contributed by atoms with E-state index in [4.69, 9.17) is 16.3 Å². The summed E-state index contributed by atoms with van der Waals surface area (Å²) in [6.07, 6.45) is 0. The lowest BCUT2D eigenvalue weighted by atomic mass is 10.0. The summed E-state index contributed by atoms with van der Waals surface area (Å²) >= 11 is 6.02. The number of nitrogens with one attached hydrogen (secondary N) is 1. The maximum absolute atomic E-state index is 13.3. The number of imide groups is 1. The molecule has 0 radical (unpaired) electrons. The van der Waals surface area contributed by atoms with Gasteiger partial charge in [0.2, 0.25) is 0 Å². The molecule has 0 unspecified atom stereocenters. The van der Waals surface area contributed by atoms with E-state index in [1.165, 1.54) is 4.90 Å². The van der Waals surface area contributed by atoms with Gasteiger partial charge in [-0.25, -0.2) is 0 Å². The fourth-order valence-corrected chi connectivity index (χ4v) is 3.57. The average Bonchev–Trinajstić information content (AvgIpc) is 3.00. The molecule has 1 aliphatic heterocycles. The van der Waals surface area contributed by atoms with Crippen molar-refractivity contribution in [3.8, 4) is 5.75 Å². The standard InChI is InChI=1S/C25H21ClN2O3/c1-16-6-8-17(9-7-16)15-28-24(29)22(18-10-12-19(26)13-11-18)23(25(28)30)27-20-4-3-5-21(14-20)31-2/h3-14,27H,15H2,1-2H3. The first-order valence-corrected chi connectivity index (χ1v) is 10.2.